The summed E-state index contributed by atoms with van der Waals surface area (Å²) in [5.74, 6) is 0.160. The Kier molecular flexibility index (Phi) is 1.48. The average Bonchev–Trinajstić information content (AvgIpc) is 2.66. The van der Waals surface area contributed by atoms with E-state index >= 15 is 0 Å². The Morgan fingerprint density at radius 3 is 3.07 bits per heavy atom. The van der Waals surface area contributed by atoms with E-state index in [0.29, 0.717) is 0 Å². The third-order valence-corrected chi connectivity index (χ3v) is 2.73. The molecule has 2 heterocycles. The quantitative estimate of drug-likeness (QED) is 0.563. The molecule has 1 aromatic carbocycles. The molecule has 3 rings (SSSR count). The van der Waals surface area contributed by atoms with E-state index < -0.39 is 0 Å². The summed E-state index contributed by atoms with van der Waals surface area (Å²) < 4.78 is 1.85. The topological polar surface area (TPSA) is 39.8 Å². The summed E-state index contributed by atoms with van der Waals surface area (Å²) in [6.45, 7) is 0.884. The summed E-state index contributed by atoms with van der Waals surface area (Å²) in [5.41, 5.74) is 1.67. The van der Waals surface area contributed by atoms with Crippen molar-refractivity contribution in [1.29, 1.82) is 0 Å². The van der Waals surface area contributed by atoms with E-state index in [0.717, 1.165) is 36.0 Å². The van der Waals surface area contributed by atoms with Gasteiger partial charge in [0.1, 0.15) is 5.52 Å². The zero-order valence-corrected chi connectivity index (χ0v) is 7.73. The van der Waals surface area contributed by atoms with Gasteiger partial charge in [-0.25, -0.2) is 0 Å². The number of rotatable bonds is 0. The Balaban J connectivity index is 2.44. The van der Waals surface area contributed by atoms with E-state index in [1.807, 2.05) is 28.9 Å². The van der Waals surface area contributed by atoms with Gasteiger partial charge in [0.2, 0.25) is 5.69 Å². The molecule has 0 N–H and O–H groups in total. The highest BCUT2D eigenvalue weighted by Gasteiger charge is 2.22. The lowest BCUT2D eigenvalue weighted by Crippen LogP contribution is -2.38. The lowest BCUT2D eigenvalue weighted by molar-refractivity contribution is -0.747. The predicted molar refractivity (Wildman–Crippen MR) is 49.7 cm³/mol. The average molecular weight is 186 g/mol. The summed E-state index contributed by atoms with van der Waals surface area (Å²) in [4.78, 5) is 0. The highest BCUT2D eigenvalue weighted by Crippen LogP contribution is 2.24. The molecular formula is C11H10N2O. The minimum absolute atomic E-state index is 0.160. The Morgan fingerprint density at radius 2 is 2.14 bits per heavy atom. The van der Waals surface area contributed by atoms with Crippen molar-refractivity contribution in [2.24, 2.45) is 0 Å². The van der Waals surface area contributed by atoms with E-state index in [1.54, 1.807) is 0 Å². The van der Waals surface area contributed by atoms with E-state index in [1.165, 1.54) is 0 Å². The van der Waals surface area contributed by atoms with Crippen LogP contribution in [0, 0.1) is 0 Å². The molecule has 0 saturated heterocycles. The monoisotopic (exact) mass is 186 g/mol. The third-order valence-electron chi connectivity index (χ3n) is 2.73. The number of aromatic nitrogens is 2. The summed E-state index contributed by atoms with van der Waals surface area (Å²) in [6, 6.07) is 7.54. The number of hydrogen-bond acceptors (Lipinski definition) is 2. The van der Waals surface area contributed by atoms with Crippen LogP contribution in [0.15, 0.2) is 24.3 Å². The Morgan fingerprint density at radius 1 is 1.29 bits per heavy atom. The van der Waals surface area contributed by atoms with Crippen LogP contribution in [0.4, 0.5) is 0 Å². The summed E-state index contributed by atoms with van der Waals surface area (Å²) in [6.07, 6.45) is 1.91. The zero-order valence-electron chi connectivity index (χ0n) is 7.73. The Hall–Kier alpha value is -1.64. The maximum Gasteiger partial charge on any atom is 0.201 e. The molecule has 1 aliphatic heterocycles. The molecule has 0 bridgehead atoms. The first-order valence-electron chi connectivity index (χ1n) is 4.85. The van der Waals surface area contributed by atoms with Crippen LogP contribution in [-0.4, -0.2) is 5.10 Å². The predicted octanol–water partition coefficient (Wildman–Crippen LogP) is 0.542. The van der Waals surface area contributed by atoms with Crippen LogP contribution in [0.25, 0.3) is 10.9 Å². The molecule has 3 nitrogen and oxygen atoms in total. The molecule has 0 atom stereocenters. The van der Waals surface area contributed by atoms with Gasteiger partial charge in [0.25, 0.3) is 0 Å². The van der Waals surface area contributed by atoms with Gasteiger partial charge in [0, 0.05) is 23.3 Å². The van der Waals surface area contributed by atoms with Gasteiger partial charge in [0.15, 0.2) is 6.54 Å². The minimum atomic E-state index is 0.160. The second kappa shape index (κ2) is 2.67. The molecule has 0 saturated carbocycles. The molecule has 1 aliphatic rings. The maximum atomic E-state index is 12.0. The standard InChI is InChI=1S/C11H10N2O/c14-11-8-4-1-2-5-9(8)12-13-7-3-6-10(11)13/h1-2,4-5H,3,6-7H2. The van der Waals surface area contributed by atoms with Crippen molar-refractivity contribution in [1.82, 2.24) is 5.10 Å². The van der Waals surface area contributed by atoms with Crippen LogP contribution in [-0.2, 0) is 13.0 Å². The second-order valence-corrected chi connectivity index (χ2v) is 3.62. The number of nitrogens with zero attached hydrogens (tertiary/aromatic N) is 2. The summed E-state index contributed by atoms with van der Waals surface area (Å²) in [5, 5.41) is 17.1. The Bertz CT molecular complexity index is 508. The molecule has 0 spiro atoms. The molecule has 0 aliphatic carbocycles. The normalized spacial score (nSPS) is 14.6. The fraction of sp³-hybridized carbons (Fsp3) is 0.273. The van der Waals surface area contributed by atoms with Gasteiger partial charge in [0.05, 0.1) is 0 Å². The molecule has 3 heteroatoms. The number of benzene rings is 1. The first-order chi connectivity index (χ1) is 6.86. The van der Waals surface area contributed by atoms with Gasteiger partial charge in [-0.3, -0.25) is 0 Å². The molecule has 0 fully saturated rings. The molecule has 0 unspecified atom stereocenters. The number of aryl methyl sites for hydroxylation is 1. The van der Waals surface area contributed by atoms with Crippen LogP contribution >= 0.6 is 0 Å². The molecule has 70 valence electrons. The summed E-state index contributed by atoms with van der Waals surface area (Å²) in [7, 11) is 0. The molecular weight excluding hydrogens is 176 g/mol. The van der Waals surface area contributed by atoms with Gasteiger partial charge in [-0.2, -0.15) is 0 Å². The smallest absolute Gasteiger partial charge is 0.201 e. The van der Waals surface area contributed by atoms with Crippen LogP contribution in [0.2, 0.25) is 0 Å². The van der Waals surface area contributed by atoms with Gasteiger partial charge >= 0.3 is 0 Å². The van der Waals surface area contributed by atoms with Crippen molar-refractivity contribution in [3.8, 4) is 5.75 Å². The highest BCUT2D eigenvalue weighted by molar-refractivity contribution is 5.83. The van der Waals surface area contributed by atoms with Crippen molar-refractivity contribution < 1.29 is 9.79 Å². The van der Waals surface area contributed by atoms with E-state index in [4.69, 9.17) is 0 Å². The molecule has 2 aromatic rings. The fourth-order valence-electron chi connectivity index (χ4n) is 2.04. The summed E-state index contributed by atoms with van der Waals surface area (Å²) >= 11 is 0. The van der Waals surface area contributed by atoms with Crippen LogP contribution in [0.1, 0.15) is 12.1 Å². The van der Waals surface area contributed by atoms with Gasteiger partial charge in [-0.1, -0.05) is 22.9 Å². The van der Waals surface area contributed by atoms with Crippen molar-refractivity contribution in [2.45, 2.75) is 19.4 Å². The zero-order chi connectivity index (χ0) is 9.54. The molecule has 0 amide bonds. The first kappa shape index (κ1) is 7.74. The maximum absolute atomic E-state index is 12.0. The van der Waals surface area contributed by atoms with Crippen molar-refractivity contribution in [2.75, 3.05) is 0 Å². The minimum Gasteiger partial charge on any atom is -0.868 e. The SMILES string of the molecule is [O-]c1c2[n+](nc3ccccc13)CCC2. The van der Waals surface area contributed by atoms with Crippen LogP contribution in [0.5, 0.6) is 5.75 Å². The van der Waals surface area contributed by atoms with Crippen LogP contribution < -0.4 is 9.79 Å². The fourth-order valence-corrected chi connectivity index (χ4v) is 2.04. The molecule has 0 radical (unpaired) electrons. The number of hydrogen-bond donors (Lipinski definition) is 0. The van der Waals surface area contributed by atoms with E-state index in [-0.39, 0.29) is 5.75 Å². The van der Waals surface area contributed by atoms with Gasteiger partial charge in [-0.15, -0.1) is 0 Å². The van der Waals surface area contributed by atoms with Crippen molar-refractivity contribution in [3.05, 3.63) is 30.0 Å². The third kappa shape index (κ3) is 0.923. The van der Waals surface area contributed by atoms with Crippen molar-refractivity contribution in [3.63, 3.8) is 0 Å². The molecule has 1 aromatic heterocycles. The molecule has 14 heavy (non-hydrogen) atoms. The first-order valence-corrected chi connectivity index (χ1v) is 4.85. The Labute approximate surface area is 81.6 Å². The lowest BCUT2D eigenvalue weighted by Gasteiger charge is -2.09. The largest absolute Gasteiger partial charge is 0.868 e. The number of fused-ring (bicyclic) bond motifs is 2. The van der Waals surface area contributed by atoms with E-state index in [9.17, 15) is 5.11 Å². The van der Waals surface area contributed by atoms with Crippen molar-refractivity contribution >= 4 is 10.9 Å². The van der Waals surface area contributed by atoms with E-state index in [2.05, 4.69) is 5.10 Å². The lowest BCUT2D eigenvalue weighted by atomic mass is 10.1. The van der Waals surface area contributed by atoms with Crippen LogP contribution in [0.3, 0.4) is 0 Å². The highest BCUT2D eigenvalue weighted by atomic mass is 16.3. The second-order valence-electron chi connectivity index (χ2n) is 3.62. The van der Waals surface area contributed by atoms with Gasteiger partial charge in [-0.05, 0) is 11.8 Å². The van der Waals surface area contributed by atoms with Gasteiger partial charge < -0.3 is 5.11 Å².